The van der Waals surface area contributed by atoms with Gasteiger partial charge in [-0.25, -0.2) is 9.37 Å². The molecule has 132 valence electrons. The Morgan fingerprint density at radius 3 is 2.50 bits per heavy atom. The number of carbonyl (C=O) groups is 1. The predicted molar refractivity (Wildman–Crippen MR) is 102 cm³/mol. The van der Waals surface area contributed by atoms with E-state index in [1.54, 1.807) is 12.1 Å². The molecule has 0 N–H and O–H groups in total. The fourth-order valence-electron chi connectivity index (χ4n) is 3.53. The maximum Gasteiger partial charge on any atom is 0.166 e. The molecule has 0 amide bonds. The van der Waals surface area contributed by atoms with E-state index in [-0.39, 0.29) is 17.5 Å². The zero-order chi connectivity index (χ0) is 18.1. The molecule has 2 heterocycles. The summed E-state index contributed by atoms with van der Waals surface area (Å²) in [6.07, 6.45) is 1.50. The van der Waals surface area contributed by atoms with Gasteiger partial charge >= 0.3 is 0 Å². The molecule has 1 aliphatic rings. The highest BCUT2D eigenvalue weighted by atomic mass is 35.5. The molecule has 0 radical (unpaired) electrons. The lowest BCUT2D eigenvalue weighted by Crippen LogP contribution is -2.36. The van der Waals surface area contributed by atoms with Crippen LogP contribution in [0, 0.1) is 11.7 Å². The Hall–Kier alpha value is -2.46. The Balaban J connectivity index is 1.48. The summed E-state index contributed by atoms with van der Waals surface area (Å²) in [6.45, 7) is 1.50. The normalized spacial score (nSPS) is 15.4. The van der Waals surface area contributed by atoms with Crippen molar-refractivity contribution in [3.63, 3.8) is 0 Å². The van der Waals surface area contributed by atoms with Crippen LogP contribution in [0.3, 0.4) is 0 Å². The first-order chi connectivity index (χ1) is 12.6. The number of fused-ring (bicyclic) bond motifs is 1. The molecule has 2 aromatic carbocycles. The van der Waals surface area contributed by atoms with E-state index in [9.17, 15) is 9.18 Å². The lowest BCUT2D eigenvalue weighted by Gasteiger charge is -2.32. The van der Waals surface area contributed by atoms with Gasteiger partial charge in [-0.05, 0) is 48.6 Å². The molecule has 4 rings (SSSR count). The van der Waals surface area contributed by atoms with Crippen molar-refractivity contribution >= 4 is 34.0 Å². The van der Waals surface area contributed by atoms with E-state index in [4.69, 9.17) is 11.6 Å². The summed E-state index contributed by atoms with van der Waals surface area (Å²) in [6, 6.07) is 15.8. The molecule has 0 spiro atoms. The Labute approximate surface area is 156 Å². The molecule has 0 aliphatic carbocycles. The van der Waals surface area contributed by atoms with Crippen LogP contribution in [0.2, 0.25) is 5.15 Å². The molecule has 26 heavy (non-hydrogen) atoms. The molecular formula is C21H18ClFN2O. The third-order valence-electron chi connectivity index (χ3n) is 5.00. The van der Waals surface area contributed by atoms with Crippen LogP contribution < -0.4 is 4.90 Å². The van der Waals surface area contributed by atoms with E-state index in [0.717, 1.165) is 42.5 Å². The molecule has 5 heteroatoms. The first-order valence-corrected chi connectivity index (χ1v) is 9.09. The van der Waals surface area contributed by atoms with Gasteiger partial charge < -0.3 is 4.90 Å². The van der Waals surface area contributed by atoms with Crippen molar-refractivity contribution in [3.8, 4) is 0 Å². The van der Waals surface area contributed by atoms with Crippen LogP contribution in [0.5, 0.6) is 0 Å². The van der Waals surface area contributed by atoms with Crippen molar-refractivity contribution in [1.29, 1.82) is 0 Å². The van der Waals surface area contributed by atoms with Gasteiger partial charge in [0, 0.05) is 30.0 Å². The average molecular weight is 369 g/mol. The maximum atomic E-state index is 13.0. The minimum absolute atomic E-state index is 0.0346. The van der Waals surface area contributed by atoms with Crippen LogP contribution in [-0.4, -0.2) is 23.9 Å². The van der Waals surface area contributed by atoms with E-state index in [0.29, 0.717) is 10.7 Å². The minimum Gasteiger partial charge on any atom is -0.357 e. The third-order valence-corrected chi connectivity index (χ3v) is 5.29. The number of aromatic nitrogens is 1. The van der Waals surface area contributed by atoms with Gasteiger partial charge in [0.25, 0.3) is 0 Å². The molecule has 1 aromatic heterocycles. The zero-order valence-corrected chi connectivity index (χ0v) is 14.9. The topological polar surface area (TPSA) is 33.2 Å². The minimum atomic E-state index is -0.323. The van der Waals surface area contributed by atoms with Gasteiger partial charge in [-0.1, -0.05) is 35.9 Å². The van der Waals surface area contributed by atoms with Gasteiger partial charge in [-0.15, -0.1) is 0 Å². The van der Waals surface area contributed by atoms with Crippen molar-refractivity contribution in [2.24, 2.45) is 5.92 Å². The van der Waals surface area contributed by atoms with Crippen LogP contribution in [0.4, 0.5) is 10.2 Å². The van der Waals surface area contributed by atoms with Gasteiger partial charge in [0.05, 0.1) is 0 Å². The lowest BCUT2D eigenvalue weighted by atomic mass is 9.89. The largest absolute Gasteiger partial charge is 0.357 e. The molecule has 1 fully saturated rings. The number of piperidine rings is 1. The number of carbonyl (C=O) groups excluding carboxylic acids is 1. The molecule has 0 atom stereocenters. The number of anilines is 1. The summed E-state index contributed by atoms with van der Waals surface area (Å²) >= 11 is 6.33. The van der Waals surface area contributed by atoms with Crippen LogP contribution in [0.15, 0.2) is 54.6 Å². The fourth-order valence-corrected chi connectivity index (χ4v) is 3.78. The van der Waals surface area contributed by atoms with Crippen molar-refractivity contribution < 1.29 is 9.18 Å². The second-order valence-corrected chi connectivity index (χ2v) is 6.98. The highest BCUT2D eigenvalue weighted by Gasteiger charge is 2.26. The quantitative estimate of drug-likeness (QED) is 0.475. The zero-order valence-electron chi connectivity index (χ0n) is 14.2. The molecule has 3 aromatic rings. The number of nitrogens with zero attached hydrogens (tertiary/aromatic N) is 2. The Bertz CT molecular complexity index is 950. The number of benzene rings is 2. The molecular weight excluding hydrogens is 351 g/mol. The van der Waals surface area contributed by atoms with Gasteiger partial charge in [0.1, 0.15) is 16.8 Å². The summed E-state index contributed by atoms with van der Waals surface area (Å²) in [5, 5.41) is 2.51. The van der Waals surface area contributed by atoms with Crippen molar-refractivity contribution in [2.45, 2.75) is 12.8 Å². The standard InChI is InChI=1S/C21H18ClFN2O/c22-21-18-4-2-1-3-16(18)13-19(24-21)25-11-9-15(10-12-25)20(26)14-5-7-17(23)8-6-14/h1-8,13,15H,9-12H2. The summed E-state index contributed by atoms with van der Waals surface area (Å²) in [5.41, 5.74) is 0.580. The molecule has 3 nitrogen and oxygen atoms in total. The Kier molecular flexibility index (Phi) is 4.60. The summed E-state index contributed by atoms with van der Waals surface area (Å²) in [5.74, 6) is 0.582. The van der Waals surface area contributed by atoms with Crippen LogP contribution >= 0.6 is 11.6 Å². The molecule has 1 saturated heterocycles. The van der Waals surface area contributed by atoms with Crippen LogP contribution in [-0.2, 0) is 0 Å². The lowest BCUT2D eigenvalue weighted by molar-refractivity contribution is 0.0900. The van der Waals surface area contributed by atoms with E-state index < -0.39 is 0 Å². The van der Waals surface area contributed by atoms with E-state index in [1.807, 2.05) is 30.3 Å². The second-order valence-electron chi connectivity index (χ2n) is 6.62. The van der Waals surface area contributed by atoms with Gasteiger partial charge in [0.15, 0.2) is 5.78 Å². The summed E-state index contributed by atoms with van der Waals surface area (Å²) < 4.78 is 13.0. The number of hydrogen-bond donors (Lipinski definition) is 0. The molecule has 1 aliphatic heterocycles. The highest BCUT2D eigenvalue weighted by molar-refractivity contribution is 6.34. The van der Waals surface area contributed by atoms with Crippen LogP contribution in [0.25, 0.3) is 10.8 Å². The van der Waals surface area contributed by atoms with Gasteiger partial charge in [-0.2, -0.15) is 0 Å². The smallest absolute Gasteiger partial charge is 0.166 e. The van der Waals surface area contributed by atoms with Crippen molar-refractivity contribution in [2.75, 3.05) is 18.0 Å². The number of rotatable bonds is 3. The van der Waals surface area contributed by atoms with Crippen LogP contribution in [0.1, 0.15) is 23.2 Å². The SMILES string of the molecule is O=C(c1ccc(F)cc1)C1CCN(c2cc3ccccc3c(Cl)n2)CC1. The van der Waals surface area contributed by atoms with Crippen molar-refractivity contribution in [1.82, 2.24) is 4.98 Å². The van der Waals surface area contributed by atoms with Gasteiger partial charge in [0.2, 0.25) is 0 Å². The highest BCUT2D eigenvalue weighted by Crippen LogP contribution is 2.29. The Morgan fingerprint density at radius 1 is 1.08 bits per heavy atom. The summed E-state index contributed by atoms with van der Waals surface area (Å²) in [4.78, 5) is 19.3. The second kappa shape index (κ2) is 7.04. The molecule has 0 bridgehead atoms. The fraction of sp³-hybridized carbons (Fsp3) is 0.238. The average Bonchev–Trinajstić information content (AvgIpc) is 2.68. The number of ketones is 1. The van der Waals surface area contributed by atoms with E-state index in [1.165, 1.54) is 12.1 Å². The number of Topliss-reactive ketones (excluding diaryl/α,β-unsaturated/α-hetero) is 1. The first-order valence-electron chi connectivity index (χ1n) is 8.72. The number of hydrogen-bond acceptors (Lipinski definition) is 3. The van der Waals surface area contributed by atoms with E-state index in [2.05, 4.69) is 9.88 Å². The number of pyridine rings is 1. The monoisotopic (exact) mass is 368 g/mol. The Morgan fingerprint density at radius 2 is 1.77 bits per heavy atom. The number of halogens is 2. The van der Waals surface area contributed by atoms with E-state index >= 15 is 0 Å². The first kappa shape index (κ1) is 17.0. The predicted octanol–water partition coefficient (Wildman–Crippen LogP) is 5.13. The summed E-state index contributed by atoms with van der Waals surface area (Å²) in [7, 11) is 0. The maximum absolute atomic E-state index is 13.0. The van der Waals surface area contributed by atoms with Crippen molar-refractivity contribution in [3.05, 3.63) is 71.1 Å². The molecule has 0 saturated carbocycles. The molecule has 0 unspecified atom stereocenters. The van der Waals surface area contributed by atoms with Gasteiger partial charge in [-0.3, -0.25) is 4.79 Å². The third kappa shape index (κ3) is 3.29.